The Bertz CT molecular complexity index is 328. The van der Waals surface area contributed by atoms with Crippen LogP contribution in [0.1, 0.15) is 31.3 Å². The van der Waals surface area contributed by atoms with E-state index in [-0.39, 0.29) is 5.92 Å². The van der Waals surface area contributed by atoms with E-state index in [0.29, 0.717) is 12.4 Å². The quantitative estimate of drug-likeness (QED) is 0.903. The van der Waals surface area contributed by atoms with Crippen molar-refractivity contribution < 1.29 is 4.74 Å². The van der Waals surface area contributed by atoms with Crippen molar-refractivity contribution in [2.45, 2.75) is 26.4 Å². The lowest BCUT2D eigenvalue weighted by atomic mass is 10.2. The number of halogens is 1. The van der Waals surface area contributed by atoms with Gasteiger partial charge in [0.1, 0.15) is 11.6 Å². The number of nitrogens with two attached hydrogens (primary N) is 1. The molecule has 0 aromatic carbocycles. The van der Waals surface area contributed by atoms with Crippen LogP contribution in [0.5, 0.6) is 0 Å². The van der Waals surface area contributed by atoms with Crippen LogP contribution in [0, 0.1) is 0 Å². The lowest BCUT2D eigenvalue weighted by molar-refractivity contribution is 0.180. The van der Waals surface area contributed by atoms with Crippen LogP contribution in [0.25, 0.3) is 0 Å². The Kier molecular flexibility index (Phi) is 3.83. The van der Waals surface area contributed by atoms with Gasteiger partial charge in [0.2, 0.25) is 0 Å². The minimum absolute atomic E-state index is 0.265. The Labute approximate surface area is 92.0 Å². The molecule has 0 saturated heterocycles. The van der Waals surface area contributed by atoms with E-state index in [2.05, 4.69) is 25.9 Å². The van der Waals surface area contributed by atoms with Gasteiger partial charge in [-0.05, 0) is 15.9 Å². The normalized spacial score (nSPS) is 10.9. The average Bonchev–Trinajstić information content (AvgIpc) is 2.12. The number of hydrogen-bond donors (Lipinski definition) is 1. The smallest absolute Gasteiger partial charge is 0.141 e. The molecular weight excluding hydrogens is 246 g/mol. The predicted octanol–water partition coefficient (Wildman–Crippen LogP) is 2.09. The Morgan fingerprint density at radius 2 is 2.07 bits per heavy atom. The van der Waals surface area contributed by atoms with E-state index < -0.39 is 0 Å². The highest BCUT2D eigenvalue weighted by Gasteiger charge is 2.11. The van der Waals surface area contributed by atoms with Crippen molar-refractivity contribution in [3.05, 3.63) is 16.0 Å². The van der Waals surface area contributed by atoms with Crippen molar-refractivity contribution >= 4 is 21.7 Å². The van der Waals surface area contributed by atoms with Crippen LogP contribution in [0.15, 0.2) is 4.47 Å². The van der Waals surface area contributed by atoms with E-state index in [1.54, 1.807) is 7.11 Å². The molecule has 0 unspecified atom stereocenters. The lowest BCUT2D eigenvalue weighted by Crippen LogP contribution is -2.07. The van der Waals surface area contributed by atoms with Gasteiger partial charge in [0, 0.05) is 13.0 Å². The maximum absolute atomic E-state index is 5.74. The molecule has 4 nitrogen and oxygen atoms in total. The van der Waals surface area contributed by atoms with Gasteiger partial charge in [-0.25, -0.2) is 9.97 Å². The molecule has 0 bridgehead atoms. The molecule has 0 saturated carbocycles. The highest BCUT2D eigenvalue weighted by molar-refractivity contribution is 9.10. The summed E-state index contributed by atoms with van der Waals surface area (Å²) in [6.45, 7) is 4.49. The van der Waals surface area contributed by atoms with Gasteiger partial charge in [-0.2, -0.15) is 0 Å². The summed E-state index contributed by atoms with van der Waals surface area (Å²) >= 11 is 3.33. The monoisotopic (exact) mass is 259 g/mol. The van der Waals surface area contributed by atoms with E-state index >= 15 is 0 Å². The average molecular weight is 260 g/mol. The van der Waals surface area contributed by atoms with E-state index in [1.165, 1.54) is 0 Å². The highest BCUT2D eigenvalue weighted by atomic mass is 79.9. The van der Waals surface area contributed by atoms with Crippen molar-refractivity contribution in [2.75, 3.05) is 12.8 Å². The van der Waals surface area contributed by atoms with Crippen molar-refractivity contribution in [3.63, 3.8) is 0 Å². The number of nitrogens with zero attached hydrogens (tertiary/aromatic N) is 2. The third-order valence-corrected chi connectivity index (χ3v) is 2.62. The molecule has 1 heterocycles. The van der Waals surface area contributed by atoms with E-state index in [0.717, 1.165) is 16.0 Å². The molecular formula is C9H14BrN3O. The second kappa shape index (κ2) is 4.70. The maximum Gasteiger partial charge on any atom is 0.141 e. The van der Waals surface area contributed by atoms with E-state index in [4.69, 9.17) is 10.5 Å². The summed E-state index contributed by atoms with van der Waals surface area (Å²) in [5, 5.41) is 0. The third kappa shape index (κ3) is 2.42. The van der Waals surface area contributed by atoms with Crippen LogP contribution in [-0.4, -0.2) is 17.1 Å². The molecule has 0 aliphatic carbocycles. The first-order valence-corrected chi connectivity index (χ1v) is 5.16. The van der Waals surface area contributed by atoms with Gasteiger partial charge < -0.3 is 10.5 Å². The molecule has 0 aliphatic rings. The van der Waals surface area contributed by atoms with Crippen LogP contribution in [-0.2, 0) is 11.3 Å². The third-order valence-electron chi connectivity index (χ3n) is 1.76. The number of hydrogen-bond acceptors (Lipinski definition) is 4. The van der Waals surface area contributed by atoms with Crippen LogP contribution in [0.4, 0.5) is 5.82 Å². The molecule has 5 heteroatoms. The first-order valence-electron chi connectivity index (χ1n) is 4.37. The van der Waals surface area contributed by atoms with E-state index in [9.17, 15) is 0 Å². The SMILES string of the molecule is COCc1nc(C(C)C)nc(N)c1Br. The van der Waals surface area contributed by atoms with Gasteiger partial charge in [0.25, 0.3) is 0 Å². The Balaban J connectivity index is 3.14. The second-order valence-corrected chi connectivity index (χ2v) is 4.11. The highest BCUT2D eigenvalue weighted by Crippen LogP contribution is 2.23. The summed E-state index contributed by atoms with van der Waals surface area (Å²) in [4.78, 5) is 8.54. The van der Waals surface area contributed by atoms with Gasteiger partial charge >= 0.3 is 0 Å². The summed E-state index contributed by atoms with van der Waals surface area (Å²) < 4.78 is 5.75. The van der Waals surface area contributed by atoms with Gasteiger partial charge in [0.15, 0.2) is 0 Å². The van der Waals surface area contributed by atoms with Crippen LogP contribution < -0.4 is 5.73 Å². The van der Waals surface area contributed by atoms with Crippen LogP contribution in [0.2, 0.25) is 0 Å². The standard InChI is InChI=1S/C9H14BrN3O/c1-5(2)9-12-6(4-14-3)7(10)8(11)13-9/h5H,4H2,1-3H3,(H2,11,12,13). The number of ether oxygens (including phenoxy) is 1. The first-order chi connectivity index (χ1) is 6.56. The molecule has 0 fully saturated rings. The largest absolute Gasteiger partial charge is 0.383 e. The number of methoxy groups -OCH3 is 1. The Morgan fingerprint density at radius 3 is 2.57 bits per heavy atom. The Morgan fingerprint density at radius 1 is 1.43 bits per heavy atom. The van der Waals surface area contributed by atoms with Crippen molar-refractivity contribution in [1.29, 1.82) is 0 Å². The predicted molar refractivity (Wildman–Crippen MR) is 58.9 cm³/mol. The zero-order valence-electron chi connectivity index (χ0n) is 8.54. The van der Waals surface area contributed by atoms with Crippen molar-refractivity contribution in [1.82, 2.24) is 9.97 Å². The maximum atomic E-state index is 5.74. The molecule has 78 valence electrons. The van der Waals surface area contributed by atoms with Gasteiger partial charge in [0.05, 0.1) is 16.8 Å². The van der Waals surface area contributed by atoms with Crippen molar-refractivity contribution in [2.24, 2.45) is 0 Å². The number of rotatable bonds is 3. The number of nitrogen functional groups attached to an aromatic ring is 1. The molecule has 1 aromatic rings. The zero-order chi connectivity index (χ0) is 10.7. The molecule has 0 atom stereocenters. The minimum atomic E-state index is 0.265. The molecule has 0 amide bonds. The fraction of sp³-hybridized carbons (Fsp3) is 0.556. The van der Waals surface area contributed by atoms with Gasteiger partial charge in [-0.3, -0.25) is 0 Å². The molecule has 1 aromatic heterocycles. The molecule has 0 spiro atoms. The number of aromatic nitrogens is 2. The van der Waals surface area contributed by atoms with Crippen LogP contribution >= 0.6 is 15.9 Å². The zero-order valence-corrected chi connectivity index (χ0v) is 10.1. The Hall–Kier alpha value is -0.680. The second-order valence-electron chi connectivity index (χ2n) is 3.32. The summed E-state index contributed by atoms with van der Waals surface area (Å²) in [7, 11) is 1.62. The molecule has 0 radical (unpaired) electrons. The number of anilines is 1. The van der Waals surface area contributed by atoms with Gasteiger partial charge in [-0.1, -0.05) is 13.8 Å². The van der Waals surface area contributed by atoms with Gasteiger partial charge in [-0.15, -0.1) is 0 Å². The summed E-state index contributed by atoms with van der Waals surface area (Å²) in [5.41, 5.74) is 6.53. The molecule has 0 aliphatic heterocycles. The molecule has 14 heavy (non-hydrogen) atoms. The molecule has 1 rings (SSSR count). The summed E-state index contributed by atoms with van der Waals surface area (Å²) in [6, 6.07) is 0. The fourth-order valence-corrected chi connectivity index (χ4v) is 1.32. The first kappa shape index (κ1) is 11.4. The van der Waals surface area contributed by atoms with Crippen molar-refractivity contribution in [3.8, 4) is 0 Å². The topological polar surface area (TPSA) is 61.0 Å². The minimum Gasteiger partial charge on any atom is -0.383 e. The summed E-state index contributed by atoms with van der Waals surface area (Å²) in [5.74, 6) is 1.48. The van der Waals surface area contributed by atoms with E-state index in [1.807, 2.05) is 13.8 Å². The fourth-order valence-electron chi connectivity index (χ4n) is 1.02. The molecule has 2 N–H and O–H groups in total. The lowest BCUT2D eigenvalue weighted by Gasteiger charge is -2.09. The summed E-state index contributed by atoms with van der Waals surface area (Å²) in [6.07, 6.45) is 0. The van der Waals surface area contributed by atoms with Crippen LogP contribution in [0.3, 0.4) is 0 Å².